The number of benzene rings is 2. The zero-order valence-electron chi connectivity index (χ0n) is 15.2. The van der Waals surface area contributed by atoms with E-state index in [2.05, 4.69) is 15.3 Å². The molecule has 0 aliphatic heterocycles. The summed E-state index contributed by atoms with van der Waals surface area (Å²) in [5.74, 6) is -2.88. The van der Waals surface area contributed by atoms with E-state index in [0.717, 1.165) is 6.07 Å². The highest BCUT2D eigenvalue weighted by Crippen LogP contribution is 2.25. The van der Waals surface area contributed by atoms with E-state index in [9.17, 15) is 14.0 Å². The number of amides is 1. The monoisotopic (exact) mass is 402 g/mol. The molecule has 2 aromatic carbocycles. The molecule has 146 valence electrons. The Morgan fingerprint density at radius 2 is 1.87 bits per heavy atom. The van der Waals surface area contributed by atoms with Crippen molar-refractivity contribution in [1.29, 1.82) is 5.26 Å². The lowest BCUT2D eigenvalue weighted by Gasteiger charge is -2.09. The summed E-state index contributed by atoms with van der Waals surface area (Å²) in [4.78, 5) is 32.1. The average Bonchev–Trinajstić information content (AvgIpc) is 3.17. The Morgan fingerprint density at radius 1 is 1.07 bits per heavy atom. The number of hydrogen-bond acceptors (Lipinski definition) is 4. The van der Waals surface area contributed by atoms with Gasteiger partial charge >= 0.3 is 0 Å². The van der Waals surface area contributed by atoms with Gasteiger partial charge in [0.05, 0.1) is 16.8 Å². The van der Waals surface area contributed by atoms with Crippen molar-refractivity contribution < 1.29 is 18.4 Å². The fourth-order valence-corrected chi connectivity index (χ4v) is 3.03. The molecular formula is C22H12F2N4O2. The highest BCUT2D eigenvalue weighted by Gasteiger charge is 2.21. The Balaban J connectivity index is 1.69. The molecule has 2 N–H and O–H groups in total. The summed E-state index contributed by atoms with van der Waals surface area (Å²) in [7, 11) is 0. The van der Waals surface area contributed by atoms with Gasteiger partial charge in [0.25, 0.3) is 5.91 Å². The fourth-order valence-electron chi connectivity index (χ4n) is 3.03. The lowest BCUT2D eigenvalue weighted by atomic mass is 10.0. The van der Waals surface area contributed by atoms with Crippen LogP contribution < -0.4 is 5.32 Å². The van der Waals surface area contributed by atoms with Crippen molar-refractivity contribution in [2.75, 3.05) is 5.32 Å². The summed E-state index contributed by atoms with van der Waals surface area (Å²) in [5.41, 5.74) is 0.308. The van der Waals surface area contributed by atoms with Crippen LogP contribution in [0, 0.1) is 23.0 Å². The summed E-state index contributed by atoms with van der Waals surface area (Å²) in [6, 6.07) is 12.4. The number of carbonyl (C=O) groups is 2. The van der Waals surface area contributed by atoms with Crippen molar-refractivity contribution in [1.82, 2.24) is 9.97 Å². The maximum atomic E-state index is 15.0. The van der Waals surface area contributed by atoms with Crippen molar-refractivity contribution >= 4 is 28.4 Å². The van der Waals surface area contributed by atoms with E-state index in [4.69, 9.17) is 5.26 Å². The Hall–Kier alpha value is -4.38. The van der Waals surface area contributed by atoms with Gasteiger partial charge in [-0.25, -0.2) is 13.8 Å². The topological polar surface area (TPSA) is 98.6 Å². The molecule has 0 aliphatic carbocycles. The lowest BCUT2D eigenvalue weighted by Crippen LogP contribution is -2.15. The maximum Gasteiger partial charge on any atom is 0.255 e. The molecule has 0 fully saturated rings. The van der Waals surface area contributed by atoms with Crippen LogP contribution in [0.25, 0.3) is 11.0 Å². The van der Waals surface area contributed by atoms with Crippen LogP contribution in [0.4, 0.5) is 14.5 Å². The van der Waals surface area contributed by atoms with Crippen LogP contribution in [-0.4, -0.2) is 21.7 Å². The molecule has 0 spiro atoms. The minimum absolute atomic E-state index is 0.0119. The number of pyridine rings is 1. The van der Waals surface area contributed by atoms with E-state index < -0.39 is 23.3 Å². The van der Waals surface area contributed by atoms with Crippen LogP contribution in [-0.2, 0) is 0 Å². The first-order valence-corrected chi connectivity index (χ1v) is 8.75. The van der Waals surface area contributed by atoms with Gasteiger partial charge in [-0.05, 0) is 36.4 Å². The molecule has 30 heavy (non-hydrogen) atoms. The van der Waals surface area contributed by atoms with E-state index >= 15 is 4.39 Å². The molecule has 0 unspecified atom stereocenters. The van der Waals surface area contributed by atoms with Crippen LogP contribution in [0.2, 0.25) is 0 Å². The zero-order valence-corrected chi connectivity index (χ0v) is 15.2. The van der Waals surface area contributed by atoms with Gasteiger partial charge in [-0.2, -0.15) is 5.26 Å². The van der Waals surface area contributed by atoms with Gasteiger partial charge in [0.15, 0.2) is 11.6 Å². The van der Waals surface area contributed by atoms with Crippen LogP contribution in [0.3, 0.4) is 0 Å². The molecule has 4 rings (SSSR count). The SMILES string of the molecule is N#Cc1cnc2[nH]cc(C(=O)c3cccc(NC(=O)c4cccc(F)c4)c3F)c2c1. The number of H-pyrrole nitrogens is 1. The second-order valence-electron chi connectivity index (χ2n) is 6.40. The summed E-state index contributed by atoms with van der Waals surface area (Å²) < 4.78 is 28.4. The Morgan fingerprint density at radius 3 is 2.63 bits per heavy atom. The molecule has 6 nitrogen and oxygen atoms in total. The van der Waals surface area contributed by atoms with Gasteiger partial charge in [-0.1, -0.05) is 12.1 Å². The van der Waals surface area contributed by atoms with Gasteiger partial charge in [0, 0.05) is 28.9 Å². The number of rotatable bonds is 4. The third kappa shape index (κ3) is 3.40. The minimum Gasteiger partial charge on any atom is -0.345 e. The largest absolute Gasteiger partial charge is 0.345 e. The minimum atomic E-state index is -0.925. The molecule has 0 saturated carbocycles. The molecule has 0 saturated heterocycles. The van der Waals surface area contributed by atoms with Gasteiger partial charge in [0.1, 0.15) is 17.5 Å². The first-order chi connectivity index (χ1) is 14.5. The molecule has 0 aliphatic rings. The van der Waals surface area contributed by atoms with E-state index in [1.54, 1.807) is 0 Å². The number of hydrogen-bond donors (Lipinski definition) is 2. The highest BCUT2D eigenvalue weighted by atomic mass is 19.1. The van der Waals surface area contributed by atoms with Crippen LogP contribution in [0.1, 0.15) is 31.8 Å². The Labute approximate surface area is 168 Å². The number of nitrogens with zero attached hydrogens (tertiary/aromatic N) is 2. The molecule has 2 heterocycles. The summed E-state index contributed by atoms with van der Waals surface area (Å²) in [6.07, 6.45) is 2.74. The molecule has 8 heteroatoms. The first kappa shape index (κ1) is 19.0. The van der Waals surface area contributed by atoms with Crippen LogP contribution in [0.5, 0.6) is 0 Å². The van der Waals surface area contributed by atoms with Crippen LogP contribution >= 0.6 is 0 Å². The molecule has 0 radical (unpaired) electrons. The molecular weight excluding hydrogens is 390 g/mol. The number of carbonyl (C=O) groups excluding carboxylic acids is 2. The predicted molar refractivity (Wildman–Crippen MR) is 105 cm³/mol. The third-order valence-electron chi connectivity index (χ3n) is 4.48. The van der Waals surface area contributed by atoms with E-state index in [1.165, 1.54) is 54.9 Å². The predicted octanol–water partition coefficient (Wildman–Crippen LogP) is 4.20. The van der Waals surface area contributed by atoms with Gasteiger partial charge in [-0.15, -0.1) is 0 Å². The number of aromatic amines is 1. The average molecular weight is 402 g/mol. The first-order valence-electron chi connectivity index (χ1n) is 8.75. The normalized spacial score (nSPS) is 10.6. The van der Waals surface area contributed by atoms with Crippen molar-refractivity contribution in [3.8, 4) is 6.07 Å². The van der Waals surface area contributed by atoms with Crippen molar-refractivity contribution in [2.45, 2.75) is 0 Å². The number of aromatic nitrogens is 2. The molecule has 0 atom stereocenters. The number of ketones is 1. The van der Waals surface area contributed by atoms with Gasteiger partial charge < -0.3 is 10.3 Å². The summed E-state index contributed by atoms with van der Waals surface area (Å²) in [5, 5.41) is 11.8. The fraction of sp³-hybridized carbons (Fsp3) is 0. The third-order valence-corrected chi connectivity index (χ3v) is 4.48. The second-order valence-corrected chi connectivity index (χ2v) is 6.40. The quantitative estimate of drug-likeness (QED) is 0.500. The number of anilines is 1. The Kier molecular flexibility index (Phi) is 4.78. The molecule has 1 amide bonds. The van der Waals surface area contributed by atoms with Crippen LogP contribution in [0.15, 0.2) is 60.9 Å². The zero-order chi connectivity index (χ0) is 21.3. The molecule has 2 aromatic heterocycles. The standard InChI is InChI=1S/C22H12F2N4O2/c23-14-4-1-3-13(8-14)22(30)28-18-6-2-5-15(19(18)24)20(29)17-11-27-21-16(17)7-12(9-25)10-26-21/h1-8,10-11H,(H,26,27)(H,28,30). The van der Waals surface area contributed by atoms with E-state index in [0.29, 0.717) is 11.0 Å². The summed E-state index contributed by atoms with van der Waals surface area (Å²) >= 11 is 0. The van der Waals surface area contributed by atoms with Gasteiger partial charge in [-0.3, -0.25) is 9.59 Å². The lowest BCUT2D eigenvalue weighted by molar-refractivity contribution is 0.101. The van der Waals surface area contributed by atoms with E-state index in [1.807, 2.05) is 6.07 Å². The highest BCUT2D eigenvalue weighted by molar-refractivity contribution is 6.16. The van der Waals surface area contributed by atoms with Crippen molar-refractivity contribution in [3.05, 3.63) is 94.8 Å². The number of nitriles is 1. The number of fused-ring (bicyclic) bond motifs is 1. The summed E-state index contributed by atoms with van der Waals surface area (Å²) in [6.45, 7) is 0. The maximum absolute atomic E-state index is 15.0. The van der Waals surface area contributed by atoms with Crippen molar-refractivity contribution in [3.63, 3.8) is 0 Å². The smallest absolute Gasteiger partial charge is 0.255 e. The molecule has 4 aromatic rings. The second kappa shape index (κ2) is 7.56. The number of nitrogens with one attached hydrogen (secondary N) is 2. The molecule has 0 bridgehead atoms. The Bertz CT molecular complexity index is 1360. The number of halogens is 2. The van der Waals surface area contributed by atoms with Gasteiger partial charge in [0.2, 0.25) is 0 Å². The van der Waals surface area contributed by atoms with Crippen molar-refractivity contribution in [2.24, 2.45) is 0 Å². The van der Waals surface area contributed by atoms with E-state index in [-0.39, 0.29) is 27.9 Å².